The fourth-order valence-corrected chi connectivity index (χ4v) is 4.33. The summed E-state index contributed by atoms with van der Waals surface area (Å²) in [6.45, 7) is 3.38. The quantitative estimate of drug-likeness (QED) is 0.746. The van der Waals surface area contributed by atoms with Gasteiger partial charge in [-0.05, 0) is 60.6 Å². The molecular weight excluding hydrogens is 393 g/mol. The maximum atomic E-state index is 15.2. The van der Waals surface area contributed by atoms with E-state index in [0.29, 0.717) is 42.0 Å². The molecule has 0 spiro atoms. The number of hydrogen-bond donors (Lipinski definition) is 1. The lowest BCUT2D eigenvalue weighted by atomic mass is 9.94. The van der Waals surface area contributed by atoms with Crippen LogP contribution in [0.5, 0.6) is 0 Å². The van der Waals surface area contributed by atoms with Crippen LogP contribution in [0.1, 0.15) is 51.0 Å². The van der Waals surface area contributed by atoms with Crippen molar-refractivity contribution in [2.45, 2.75) is 38.8 Å². The van der Waals surface area contributed by atoms with Crippen LogP contribution in [0, 0.1) is 12.7 Å². The fourth-order valence-electron chi connectivity index (χ4n) is 4.33. The number of nitrogens with two attached hydrogens (primary N) is 1. The summed E-state index contributed by atoms with van der Waals surface area (Å²) < 4.78 is 20.8. The van der Waals surface area contributed by atoms with Crippen LogP contribution in [0.25, 0.3) is 5.70 Å². The van der Waals surface area contributed by atoms with Gasteiger partial charge < -0.3 is 15.4 Å². The Morgan fingerprint density at radius 2 is 2.13 bits per heavy atom. The number of halogens is 1. The first-order valence-electron chi connectivity index (χ1n) is 10.7. The van der Waals surface area contributed by atoms with E-state index in [9.17, 15) is 4.79 Å². The summed E-state index contributed by atoms with van der Waals surface area (Å²) in [5.41, 5.74) is 11.1. The number of hydrogen-bond acceptors (Lipinski definition) is 4. The molecule has 1 atom stereocenters. The smallest absolute Gasteiger partial charge is 0.254 e. The molecule has 0 aliphatic carbocycles. The van der Waals surface area contributed by atoms with E-state index in [1.165, 1.54) is 0 Å². The van der Waals surface area contributed by atoms with Gasteiger partial charge in [0.1, 0.15) is 5.82 Å². The zero-order chi connectivity index (χ0) is 22.0. The highest BCUT2D eigenvalue weighted by Gasteiger charge is 2.36. The first-order chi connectivity index (χ1) is 15.0. The second-order valence-electron chi connectivity index (χ2n) is 8.21. The van der Waals surface area contributed by atoms with Crippen molar-refractivity contribution >= 4 is 17.8 Å². The molecule has 5 nitrogen and oxygen atoms in total. The van der Waals surface area contributed by atoms with Gasteiger partial charge in [0.15, 0.2) is 0 Å². The number of allylic oxidation sites excluding steroid dienone is 1. The summed E-state index contributed by atoms with van der Waals surface area (Å²) in [6, 6.07) is 9.76. The molecule has 162 valence electrons. The molecule has 1 unspecified atom stereocenters. The largest absolute Gasteiger partial charge is 0.398 e. The first kappa shape index (κ1) is 21.2. The van der Waals surface area contributed by atoms with E-state index in [4.69, 9.17) is 10.5 Å². The van der Waals surface area contributed by atoms with Gasteiger partial charge in [-0.15, -0.1) is 0 Å². The van der Waals surface area contributed by atoms with E-state index in [2.05, 4.69) is 4.99 Å². The number of ether oxygens (including phenoxy) is 1. The SMILES string of the molecule is CN=CC=C(N)c1ccc(Cc2cc3c(c(F)c2C)CN(C2CCCOC2)C3=O)cc1. The third kappa shape index (κ3) is 4.26. The highest BCUT2D eigenvalue weighted by molar-refractivity contribution is 5.99. The molecule has 2 aliphatic rings. The Hall–Kier alpha value is -2.99. The van der Waals surface area contributed by atoms with Gasteiger partial charge in [0, 0.05) is 36.7 Å². The lowest BCUT2D eigenvalue weighted by molar-refractivity contribution is 0.0177. The van der Waals surface area contributed by atoms with E-state index in [1.54, 1.807) is 31.2 Å². The van der Waals surface area contributed by atoms with E-state index >= 15 is 4.39 Å². The molecule has 0 aromatic heterocycles. The number of aliphatic imine (C=N–C) groups is 1. The topological polar surface area (TPSA) is 67.9 Å². The number of benzene rings is 2. The van der Waals surface area contributed by atoms with Gasteiger partial charge in [0.25, 0.3) is 5.91 Å². The average molecular weight is 422 g/mol. The van der Waals surface area contributed by atoms with Gasteiger partial charge in [0.2, 0.25) is 0 Å². The summed E-state index contributed by atoms with van der Waals surface area (Å²) in [7, 11) is 1.69. The zero-order valence-corrected chi connectivity index (χ0v) is 18.0. The van der Waals surface area contributed by atoms with Crippen molar-refractivity contribution < 1.29 is 13.9 Å². The normalized spacial score (nSPS) is 19.3. The van der Waals surface area contributed by atoms with Crippen LogP contribution in [0.3, 0.4) is 0 Å². The average Bonchev–Trinajstić information content (AvgIpc) is 3.13. The monoisotopic (exact) mass is 421 g/mol. The Morgan fingerprint density at radius 3 is 2.81 bits per heavy atom. The second-order valence-corrected chi connectivity index (χ2v) is 8.21. The van der Waals surface area contributed by atoms with Crippen LogP contribution in [-0.2, 0) is 17.7 Å². The van der Waals surface area contributed by atoms with E-state index in [-0.39, 0.29) is 17.8 Å². The van der Waals surface area contributed by atoms with Crippen molar-refractivity contribution in [1.82, 2.24) is 4.90 Å². The molecule has 1 amide bonds. The zero-order valence-electron chi connectivity index (χ0n) is 18.0. The van der Waals surface area contributed by atoms with Crippen LogP contribution < -0.4 is 5.73 Å². The Morgan fingerprint density at radius 1 is 1.35 bits per heavy atom. The van der Waals surface area contributed by atoms with Crippen molar-refractivity contribution in [2.75, 3.05) is 20.3 Å². The number of carbonyl (C=O) groups excluding carboxylic acids is 1. The Bertz CT molecular complexity index is 1040. The number of carbonyl (C=O) groups is 1. The van der Waals surface area contributed by atoms with E-state index < -0.39 is 0 Å². The Balaban J connectivity index is 1.57. The number of nitrogens with zero attached hydrogens (tertiary/aromatic N) is 2. The molecule has 2 heterocycles. The van der Waals surface area contributed by atoms with Crippen molar-refractivity contribution in [3.63, 3.8) is 0 Å². The summed E-state index contributed by atoms with van der Waals surface area (Å²) in [6.07, 6.45) is 5.79. The molecule has 2 aromatic carbocycles. The molecule has 0 saturated carbocycles. The lowest BCUT2D eigenvalue weighted by Crippen LogP contribution is -2.41. The summed E-state index contributed by atoms with van der Waals surface area (Å²) in [4.78, 5) is 18.7. The molecule has 2 aliphatic heterocycles. The van der Waals surface area contributed by atoms with Gasteiger partial charge in [-0.3, -0.25) is 9.79 Å². The molecule has 4 rings (SSSR count). The van der Waals surface area contributed by atoms with E-state index in [1.807, 2.05) is 30.3 Å². The third-order valence-electron chi connectivity index (χ3n) is 6.20. The number of rotatable bonds is 5. The van der Waals surface area contributed by atoms with Gasteiger partial charge in [-0.25, -0.2) is 4.39 Å². The van der Waals surface area contributed by atoms with Gasteiger partial charge in [-0.1, -0.05) is 24.3 Å². The van der Waals surface area contributed by atoms with Gasteiger partial charge in [0.05, 0.1) is 19.2 Å². The Kier molecular flexibility index (Phi) is 6.18. The van der Waals surface area contributed by atoms with Crippen LogP contribution in [0.2, 0.25) is 0 Å². The number of amides is 1. The van der Waals surface area contributed by atoms with Crippen LogP contribution in [-0.4, -0.2) is 43.3 Å². The minimum atomic E-state index is -0.261. The predicted molar refractivity (Wildman–Crippen MR) is 121 cm³/mol. The Labute approximate surface area is 182 Å². The maximum absolute atomic E-state index is 15.2. The fraction of sp³-hybridized carbons (Fsp3) is 0.360. The van der Waals surface area contributed by atoms with Crippen molar-refractivity contribution in [1.29, 1.82) is 0 Å². The number of fused-ring (bicyclic) bond motifs is 1. The summed E-state index contributed by atoms with van der Waals surface area (Å²) in [5, 5.41) is 0. The molecule has 2 N–H and O–H groups in total. The molecule has 0 radical (unpaired) electrons. The third-order valence-corrected chi connectivity index (χ3v) is 6.20. The molecule has 2 aromatic rings. The molecule has 31 heavy (non-hydrogen) atoms. The first-order valence-corrected chi connectivity index (χ1v) is 10.7. The lowest BCUT2D eigenvalue weighted by Gasteiger charge is -2.30. The van der Waals surface area contributed by atoms with Gasteiger partial charge in [-0.2, -0.15) is 0 Å². The standard InChI is InChI=1S/C25H28FN3O2/c1-16-19(12-17-5-7-18(8-6-17)23(27)9-10-28-2)13-21-22(24(16)26)14-29(25(21)30)20-4-3-11-31-15-20/h5-10,13,20H,3-4,11-12,14-15,27H2,1-2H3. The summed E-state index contributed by atoms with van der Waals surface area (Å²) in [5.74, 6) is -0.348. The molecule has 6 heteroatoms. The van der Waals surface area contributed by atoms with Crippen molar-refractivity contribution in [3.8, 4) is 0 Å². The van der Waals surface area contributed by atoms with Crippen molar-refractivity contribution in [2.24, 2.45) is 10.7 Å². The minimum absolute atomic E-state index is 0.0283. The maximum Gasteiger partial charge on any atom is 0.254 e. The van der Waals surface area contributed by atoms with Gasteiger partial charge >= 0.3 is 0 Å². The summed E-state index contributed by atoms with van der Waals surface area (Å²) >= 11 is 0. The molecule has 0 bridgehead atoms. The minimum Gasteiger partial charge on any atom is -0.398 e. The highest BCUT2D eigenvalue weighted by Crippen LogP contribution is 2.33. The molecule has 1 fully saturated rings. The predicted octanol–water partition coefficient (Wildman–Crippen LogP) is 3.86. The van der Waals surface area contributed by atoms with Crippen LogP contribution in [0.4, 0.5) is 4.39 Å². The molecule has 1 saturated heterocycles. The molecular formula is C25H28FN3O2. The van der Waals surface area contributed by atoms with E-state index in [0.717, 1.165) is 36.1 Å². The highest BCUT2D eigenvalue weighted by atomic mass is 19.1. The van der Waals surface area contributed by atoms with Crippen molar-refractivity contribution in [3.05, 3.63) is 75.6 Å². The van der Waals surface area contributed by atoms with Crippen LogP contribution >= 0.6 is 0 Å². The second kappa shape index (κ2) is 9.02. The van der Waals surface area contributed by atoms with Crippen LogP contribution in [0.15, 0.2) is 41.4 Å².